The van der Waals surface area contributed by atoms with Gasteiger partial charge in [0.05, 0.1) is 0 Å². The molecule has 0 radical (unpaired) electrons. The van der Waals surface area contributed by atoms with E-state index in [0.717, 1.165) is 0 Å². The number of anilines is 1. The number of rotatable bonds is 3. The quantitative estimate of drug-likeness (QED) is 0.690. The zero-order valence-electron chi connectivity index (χ0n) is 8.92. The lowest BCUT2D eigenvalue weighted by Gasteiger charge is -2.11. The van der Waals surface area contributed by atoms with Gasteiger partial charge in [-0.2, -0.15) is 0 Å². The normalized spacial score (nSPS) is 11.6. The zero-order valence-corrected chi connectivity index (χ0v) is 9.67. The molecule has 0 aliphatic rings. The van der Waals surface area contributed by atoms with Crippen molar-refractivity contribution in [2.24, 2.45) is 0 Å². The molecule has 0 spiro atoms. The summed E-state index contributed by atoms with van der Waals surface area (Å²) in [7, 11) is 4.07. The Labute approximate surface area is 91.0 Å². The topological polar surface area (TPSA) is 3.24 Å². The highest BCUT2D eigenvalue weighted by atomic mass is 35.5. The summed E-state index contributed by atoms with van der Waals surface area (Å²) in [6.07, 6.45) is 2.10. The van der Waals surface area contributed by atoms with Gasteiger partial charge in [-0.15, -0.1) is 11.6 Å². The van der Waals surface area contributed by atoms with Crippen LogP contribution in [0.25, 0.3) is 6.08 Å². The third-order valence-corrected chi connectivity index (χ3v) is 2.45. The van der Waals surface area contributed by atoms with Crippen molar-refractivity contribution in [2.75, 3.05) is 24.9 Å². The van der Waals surface area contributed by atoms with E-state index in [2.05, 4.69) is 35.2 Å². The minimum Gasteiger partial charge on any atom is -0.378 e. The van der Waals surface area contributed by atoms with Crippen molar-refractivity contribution < 1.29 is 0 Å². The van der Waals surface area contributed by atoms with E-state index < -0.39 is 0 Å². The first-order valence-corrected chi connectivity index (χ1v) is 5.17. The van der Waals surface area contributed by atoms with Gasteiger partial charge in [0.2, 0.25) is 0 Å². The van der Waals surface area contributed by atoms with Gasteiger partial charge in [0.15, 0.2) is 0 Å². The van der Waals surface area contributed by atoms with E-state index in [0.29, 0.717) is 5.88 Å². The third kappa shape index (κ3) is 3.08. The van der Waals surface area contributed by atoms with E-state index in [-0.39, 0.29) is 0 Å². The molecule has 1 nitrogen and oxygen atoms in total. The fourth-order valence-corrected chi connectivity index (χ4v) is 1.27. The van der Waals surface area contributed by atoms with Crippen molar-refractivity contribution in [2.45, 2.75) is 6.92 Å². The Bertz CT molecular complexity index is 312. The Morgan fingerprint density at radius 2 is 1.86 bits per heavy atom. The maximum atomic E-state index is 5.71. The summed E-state index contributed by atoms with van der Waals surface area (Å²) >= 11 is 5.71. The Morgan fingerprint density at radius 3 is 2.29 bits per heavy atom. The standard InChI is InChI=1S/C12H16ClN/c1-10(9-13)8-11-4-6-12(7-5-11)14(2)3/h4-8H,9H2,1-3H3. The molecule has 0 fully saturated rings. The molecule has 0 N–H and O–H groups in total. The van der Waals surface area contributed by atoms with Crippen LogP contribution in [0.2, 0.25) is 0 Å². The predicted molar refractivity (Wildman–Crippen MR) is 65.1 cm³/mol. The highest BCUT2D eigenvalue weighted by Gasteiger charge is 1.94. The lowest BCUT2D eigenvalue weighted by molar-refractivity contribution is 1.13. The summed E-state index contributed by atoms with van der Waals surface area (Å²) in [5.41, 5.74) is 3.60. The first-order chi connectivity index (χ1) is 6.63. The third-order valence-electron chi connectivity index (χ3n) is 2.03. The molecular formula is C12H16ClN. The molecule has 1 aromatic rings. The molecule has 0 heterocycles. The van der Waals surface area contributed by atoms with Crippen LogP contribution in [0.4, 0.5) is 5.69 Å². The van der Waals surface area contributed by atoms with Crippen LogP contribution in [0.3, 0.4) is 0 Å². The van der Waals surface area contributed by atoms with Crippen LogP contribution in [0.5, 0.6) is 0 Å². The van der Waals surface area contributed by atoms with Gasteiger partial charge in [0, 0.05) is 25.7 Å². The first-order valence-electron chi connectivity index (χ1n) is 4.64. The van der Waals surface area contributed by atoms with Crippen LogP contribution in [-0.2, 0) is 0 Å². The van der Waals surface area contributed by atoms with E-state index in [1.54, 1.807) is 0 Å². The van der Waals surface area contributed by atoms with Crippen molar-refractivity contribution in [3.63, 3.8) is 0 Å². The fourth-order valence-electron chi connectivity index (χ4n) is 1.19. The van der Waals surface area contributed by atoms with Crippen LogP contribution >= 0.6 is 11.6 Å². The molecule has 1 rings (SSSR count). The molecule has 0 aliphatic heterocycles. The smallest absolute Gasteiger partial charge is 0.0434 e. The van der Waals surface area contributed by atoms with Gasteiger partial charge in [-0.3, -0.25) is 0 Å². The molecule has 0 bridgehead atoms. The van der Waals surface area contributed by atoms with Crippen LogP contribution in [0, 0.1) is 0 Å². The summed E-state index contributed by atoms with van der Waals surface area (Å²) in [4.78, 5) is 2.09. The minimum absolute atomic E-state index is 0.593. The van der Waals surface area contributed by atoms with Crippen molar-refractivity contribution >= 4 is 23.4 Å². The molecule has 0 saturated carbocycles. The van der Waals surface area contributed by atoms with Gasteiger partial charge in [-0.05, 0) is 24.6 Å². The number of halogens is 1. The first kappa shape index (κ1) is 11.1. The number of nitrogens with zero attached hydrogens (tertiary/aromatic N) is 1. The van der Waals surface area contributed by atoms with E-state index in [1.165, 1.54) is 16.8 Å². The largest absolute Gasteiger partial charge is 0.378 e. The molecule has 76 valence electrons. The van der Waals surface area contributed by atoms with E-state index >= 15 is 0 Å². The molecule has 1 aromatic carbocycles. The molecular weight excluding hydrogens is 194 g/mol. The monoisotopic (exact) mass is 209 g/mol. The lowest BCUT2D eigenvalue weighted by Crippen LogP contribution is -2.07. The number of hydrogen-bond acceptors (Lipinski definition) is 1. The minimum atomic E-state index is 0.593. The number of alkyl halides is 1. The molecule has 0 aromatic heterocycles. The number of benzene rings is 1. The predicted octanol–water partition coefficient (Wildman–Crippen LogP) is 3.39. The molecule has 2 heteroatoms. The second kappa shape index (κ2) is 5.06. The summed E-state index contributed by atoms with van der Waals surface area (Å²) in [6.45, 7) is 2.03. The maximum absolute atomic E-state index is 5.71. The van der Waals surface area contributed by atoms with Crippen molar-refractivity contribution in [3.05, 3.63) is 35.4 Å². The maximum Gasteiger partial charge on any atom is 0.0434 e. The second-order valence-electron chi connectivity index (χ2n) is 3.61. The second-order valence-corrected chi connectivity index (χ2v) is 3.88. The van der Waals surface area contributed by atoms with Gasteiger partial charge < -0.3 is 4.90 Å². The lowest BCUT2D eigenvalue weighted by atomic mass is 10.1. The van der Waals surface area contributed by atoms with Crippen molar-refractivity contribution in [1.82, 2.24) is 0 Å². The van der Waals surface area contributed by atoms with E-state index in [9.17, 15) is 0 Å². The van der Waals surface area contributed by atoms with Gasteiger partial charge in [0.25, 0.3) is 0 Å². The number of allylic oxidation sites excluding steroid dienone is 1. The summed E-state index contributed by atoms with van der Waals surface area (Å²) in [5, 5.41) is 0. The van der Waals surface area contributed by atoms with Crippen LogP contribution in [0.1, 0.15) is 12.5 Å². The summed E-state index contributed by atoms with van der Waals surface area (Å²) in [5.74, 6) is 0.593. The van der Waals surface area contributed by atoms with E-state index in [1.807, 2.05) is 21.0 Å². The Hall–Kier alpha value is -0.950. The highest BCUT2D eigenvalue weighted by Crippen LogP contribution is 2.14. The molecule has 0 saturated heterocycles. The zero-order chi connectivity index (χ0) is 10.6. The van der Waals surface area contributed by atoms with Crippen LogP contribution in [-0.4, -0.2) is 20.0 Å². The van der Waals surface area contributed by atoms with Gasteiger partial charge in [-0.25, -0.2) is 0 Å². The van der Waals surface area contributed by atoms with Gasteiger partial charge in [0.1, 0.15) is 0 Å². The molecule has 0 aliphatic carbocycles. The Balaban J connectivity index is 2.84. The average molecular weight is 210 g/mol. The van der Waals surface area contributed by atoms with Gasteiger partial charge in [-0.1, -0.05) is 23.8 Å². The van der Waals surface area contributed by atoms with Crippen LogP contribution in [0.15, 0.2) is 29.8 Å². The van der Waals surface area contributed by atoms with Crippen molar-refractivity contribution in [1.29, 1.82) is 0 Å². The average Bonchev–Trinajstić information content (AvgIpc) is 2.18. The molecule has 0 unspecified atom stereocenters. The molecule has 0 atom stereocenters. The Kier molecular flexibility index (Phi) is 4.02. The Morgan fingerprint density at radius 1 is 1.29 bits per heavy atom. The van der Waals surface area contributed by atoms with Crippen molar-refractivity contribution in [3.8, 4) is 0 Å². The fraction of sp³-hybridized carbons (Fsp3) is 0.333. The van der Waals surface area contributed by atoms with Gasteiger partial charge >= 0.3 is 0 Å². The summed E-state index contributed by atoms with van der Waals surface area (Å²) in [6, 6.07) is 8.41. The highest BCUT2D eigenvalue weighted by molar-refractivity contribution is 6.19. The number of hydrogen-bond donors (Lipinski definition) is 0. The SMILES string of the molecule is CC(=Cc1ccc(N(C)C)cc1)CCl. The van der Waals surface area contributed by atoms with E-state index in [4.69, 9.17) is 11.6 Å². The van der Waals surface area contributed by atoms with Crippen LogP contribution < -0.4 is 4.90 Å². The summed E-state index contributed by atoms with van der Waals surface area (Å²) < 4.78 is 0. The molecule has 14 heavy (non-hydrogen) atoms. The molecule has 0 amide bonds.